The lowest BCUT2D eigenvalue weighted by atomic mass is 9.72. The van der Waals surface area contributed by atoms with Crippen LogP contribution in [0.1, 0.15) is 85.9 Å². The van der Waals surface area contributed by atoms with E-state index in [2.05, 4.69) is 68.4 Å². The van der Waals surface area contributed by atoms with E-state index in [1.165, 1.54) is 11.1 Å². The van der Waals surface area contributed by atoms with Gasteiger partial charge in [0.2, 0.25) is 0 Å². The molecule has 0 aromatic heterocycles. The molecule has 0 saturated carbocycles. The molecule has 3 heteroatoms. The number of ether oxygens (including phenoxy) is 2. The molecule has 24 heavy (non-hydrogen) atoms. The summed E-state index contributed by atoms with van der Waals surface area (Å²) in [6.07, 6.45) is -0.647. The van der Waals surface area contributed by atoms with Gasteiger partial charge in [-0.25, -0.2) is 4.79 Å². The molecule has 0 radical (unpaired) electrons. The average Bonchev–Trinajstić information content (AvgIpc) is 2.34. The summed E-state index contributed by atoms with van der Waals surface area (Å²) in [5, 5.41) is 0. The second kappa shape index (κ2) is 6.78. The van der Waals surface area contributed by atoms with Gasteiger partial charge < -0.3 is 9.47 Å². The third kappa shape index (κ3) is 4.99. The Hall–Kier alpha value is -1.51. The van der Waals surface area contributed by atoms with E-state index in [0.29, 0.717) is 12.4 Å². The zero-order chi connectivity index (χ0) is 18.9. The molecule has 0 aliphatic rings. The Bertz CT molecular complexity index is 593. The Kier molecular flexibility index (Phi) is 5.80. The fraction of sp³-hybridized carbons (Fsp3) is 0.667. The van der Waals surface area contributed by atoms with Crippen LogP contribution in [0.2, 0.25) is 0 Å². The van der Waals surface area contributed by atoms with Gasteiger partial charge in [-0.3, -0.25) is 0 Å². The maximum absolute atomic E-state index is 11.9. The molecule has 136 valence electrons. The number of rotatable bonds is 2. The summed E-state index contributed by atoms with van der Waals surface area (Å²) >= 11 is 0. The van der Waals surface area contributed by atoms with Gasteiger partial charge in [-0.15, -0.1) is 0 Å². The summed E-state index contributed by atoms with van der Waals surface area (Å²) in [5.41, 5.74) is 3.32. The van der Waals surface area contributed by atoms with Crippen LogP contribution in [0.3, 0.4) is 0 Å². The first-order valence-corrected chi connectivity index (χ1v) is 8.72. The van der Waals surface area contributed by atoms with Crippen molar-refractivity contribution in [1.82, 2.24) is 0 Å². The summed E-state index contributed by atoms with van der Waals surface area (Å²) < 4.78 is 10.5. The summed E-state index contributed by atoms with van der Waals surface area (Å²) in [6.45, 7) is 21.7. The molecule has 0 heterocycles. The fourth-order valence-corrected chi connectivity index (χ4v) is 2.73. The Morgan fingerprint density at radius 2 is 1.21 bits per heavy atom. The van der Waals surface area contributed by atoms with E-state index in [-0.39, 0.29) is 16.2 Å². The van der Waals surface area contributed by atoms with Gasteiger partial charge in [-0.1, -0.05) is 68.4 Å². The number of hydrogen-bond donors (Lipinski definition) is 0. The quantitative estimate of drug-likeness (QED) is 0.483. The Balaban J connectivity index is 3.65. The fourth-order valence-electron chi connectivity index (χ4n) is 2.73. The lowest BCUT2D eigenvalue weighted by Gasteiger charge is -2.33. The van der Waals surface area contributed by atoms with E-state index < -0.39 is 6.16 Å². The smallest absolute Gasteiger partial charge is 0.434 e. The maximum Gasteiger partial charge on any atom is 0.513 e. The van der Waals surface area contributed by atoms with E-state index in [9.17, 15) is 4.79 Å². The molecule has 0 atom stereocenters. The molecule has 0 N–H and O–H groups in total. The average molecular weight is 335 g/mol. The topological polar surface area (TPSA) is 35.5 Å². The van der Waals surface area contributed by atoms with Crippen LogP contribution in [0.5, 0.6) is 5.75 Å². The van der Waals surface area contributed by atoms with Crippen molar-refractivity contribution in [2.75, 3.05) is 6.61 Å². The van der Waals surface area contributed by atoms with Crippen molar-refractivity contribution in [3.63, 3.8) is 0 Å². The van der Waals surface area contributed by atoms with Gasteiger partial charge in [-0.05, 0) is 40.4 Å². The molecule has 0 aliphatic heterocycles. The first-order chi connectivity index (χ1) is 10.7. The Morgan fingerprint density at radius 1 is 0.792 bits per heavy atom. The second-order valence-electron chi connectivity index (χ2n) is 9.43. The SMILES string of the molecule is CCOC(=O)Oc1cc(C(C)(C)C)c(C(C)(C)C)cc1C(C)(C)C. The first-order valence-electron chi connectivity index (χ1n) is 8.72. The maximum atomic E-state index is 11.9. The minimum Gasteiger partial charge on any atom is -0.434 e. The van der Waals surface area contributed by atoms with E-state index in [1.807, 2.05) is 6.07 Å². The van der Waals surface area contributed by atoms with Crippen molar-refractivity contribution in [2.24, 2.45) is 0 Å². The van der Waals surface area contributed by atoms with Crippen molar-refractivity contribution in [3.05, 3.63) is 28.8 Å². The molecule has 0 fully saturated rings. The molecular formula is C21H34O3. The summed E-state index contributed by atoms with van der Waals surface area (Å²) in [5.74, 6) is 0.596. The molecule has 0 bridgehead atoms. The van der Waals surface area contributed by atoms with Crippen LogP contribution < -0.4 is 4.74 Å². The molecule has 3 nitrogen and oxygen atoms in total. The highest BCUT2D eigenvalue weighted by atomic mass is 16.7. The Labute approximate surface area is 147 Å². The lowest BCUT2D eigenvalue weighted by molar-refractivity contribution is 0.103. The third-order valence-corrected chi connectivity index (χ3v) is 4.00. The van der Waals surface area contributed by atoms with Crippen LogP contribution in [0, 0.1) is 0 Å². The number of benzene rings is 1. The normalized spacial score (nSPS) is 12.9. The minimum atomic E-state index is -0.647. The van der Waals surface area contributed by atoms with Crippen LogP contribution in [-0.4, -0.2) is 12.8 Å². The molecule has 1 aromatic rings. The summed E-state index contributed by atoms with van der Waals surface area (Å²) in [7, 11) is 0. The van der Waals surface area contributed by atoms with Crippen LogP contribution >= 0.6 is 0 Å². The molecule has 0 saturated heterocycles. The van der Waals surface area contributed by atoms with Gasteiger partial charge in [0.05, 0.1) is 6.61 Å². The highest BCUT2D eigenvalue weighted by molar-refractivity contribution is 5.66. The number of carbonyl (C=O) groups excluding carboxylic acids is 1. The minimum absolute atomic E-state index is 0.00503. The van der Waals surface area contributed by atoms with Crippen molar-refractivity contribution in [3.8, 4) is 5.75 Å². The zero-order valence-corrected chi connectivity index (χ0v) is 17.1. The monoisotopic (exact) mass is 334 g/mol. The van der Waals surface area contributed by atoms with Gasteiger partial charge in [0.1, 0.15) is 5.75 Å². The van der Waals surface area contributed by atoms with Crippen LogP contribution in [0.4, 0.5) is 4.79 Å². The van der Waals surface area contributed by atoms with Gasteiger partial charge in [0.15, 0.2) is 0 Å². The number of hydrogen-bond acceptors (Lipinski definition) is 3. The molecule has 0 unspecified atom stereocenters. The zero-order valence-electron chi connectivity index (χ0n) is 17.1. The molecule has 1 aromatic carbocycles. The largest absolute Gasteiger partial charge is 0.513 e. The summed E-state index contributed by atoms with van der Waals surface area (Å²) in [6, 6.07) is 4.23. The standard InChI is InChI=1S/C21H34O3/c1-11-23-18(22)24-17-13-15(20(5,6)7)14(19(2,3)4)12-16(17)21(8,9)10/h12-13H,11H2,1-10H3. The van der Waals surface area contributed by atoms with Crippen LogP contribution in [0.25, 0.3) is 0 Å². The van der Waals surface area contributed by atoms with E-state index in [4.69, 9.17) is 9.47 Å². The predicted molar refractivity (Wildman–Crippen MR) is 100 cm³/mol. The van der Waals surface area contributed by atoms with Crippen LogP contribution in [0.15, 0.2) is 12.1 Å². The van der Waals surface area contributed by atoms with Gasteiger partial charge in [-0.2, -0.15) is 0 Å². The molecule has 1 rings (SSSR count). The summed E-state index contributed by atoms with van der Waals surface area (Å²) in [4.78, 5) is 11.9. The van der Waals surface area contributed by atoms with E-state index >= 15 is 0 Å². The first kappa shape index (κ1) is 20.5. The predicted octanol–water partition coefficient (Wildman–Crippen LogP) is 6.11. The van der Waals surface area contributed by atoms with Crippen molar-refractivity contribution in [1.29, 1.82) is 0 Å². The van der Waals surface area contributed by atoms with Crippen molar-refractivity contribution < 1.29 is 14.3 Å². The lowest BCUT2D eigenvalue weighted by Crippen LogP contribution is -2.25. The molecule has 0 amide bonds. The van der Waals surface area contributed by atoms with E-state index in [1.54, 1.807) is 6.92 Å². The number of carbonyl (C=O) groups is 1. The third-order valence-electron chi connectivity index (χ3n) is 4.00. The molecular weight excluding hydrogens is 300 g/mol. The van der Waals surface area contributed by atoms with Crippen molar-refractivity contribution >= 4 is 6.16 Å². The van der Waals surface area contributed by atoms with E-state index in [0.717, 1.165) is 5.56 Å². The van der Waals surface area contributed by atoms with Crippen molar-refractivity contribution in [2.45, 2.75) is 85.5 Å². The molecule has 0 spiro atoms. The highest BCUT2D eigenvalue weighted by Crippen LogP contribution is 2.41. The Morgan fingerprint density at radius 3 is 1.58 bits per heavy atom. The van der Waals surface area contributed by atoms with Crippen LogP contribution in [-0.2, 0) is 21.0 Å². The van der Waals surface area contributed by atoms with Gasteiger partial charge in [0, 0.05) is 5.56 Å². The molecule has 0 aliphatic carbocycles. The van der Waals surface area contributed by atoms with Gasteiger partial charge >= 0.3 is 6.16 Å². The van der Waals surface area contributed by atoms with Gasteiger partial charge in [0.25, 0.3) is 0 Å². The second-order valence-corrected chi connectivity index (χ2v) is 9.43. The highest BCUT2D eigenvalue weighted by Gasteiger charge is 2.30.